The summed E-state index contributed by atoms with van der Waals surface area (Å²) in [5.74, 6) is -0.0819. The Hall–Kier alpha value is -8.61. The third-order valence-corrected chi connectivity index (χ3v) is 13.1. The second kappa shape index (κ2) is 15.9. The number of hydrogen-bond acceptors (Lipinski definition) is 4. The molecule has 314 valence electrons. The summed E-state index contributed by atoms with van der Waals surface area (Å²) in [7, 11) is 0. The van der Waals surface area contributed by atoms with E-state index in [1.54, 1.807) is 0 Å². The molecule has 0 fully saturated rings. The van der Waals surface area contributed by atoms with Gasteiger partial charge in [-0.25, -0.2) is 9.03 Å². The highest BCUT2D eigenvalue weighted by Gasteiger charge is 2.18. The van der Waals surface area contributed by atoms with E-state index in [0.29, 0.717) is 6.42 Å². The van der Waals surface area contributed by atoms with Crippen LogP contribution < -0.4 is 0 Å². The first-order chi connectivity index (χ1) is 32.5. The number of benzene rings is 8. The number of rotatable bonds is 9. The molecule has 0 bridgehead atoms. The molecule has 0 radical (unpaired) electrons. The number of carbonyl (C=O) groups is 1. The van der Waals surface area contributed by atoms with Crippen molar-refractivity contribution in [1.82, 2.24) is 19.2 Å². The summed E-state index contributed by atoms with van der Waals surface area (Å²) < 4.78 is 4.09. The van der Waals surface area contributed by atoms with Crippen molar-refractivity contribution in [2.45, 2.75) is 19.8 Å². The fraction of sp³-hybridized carbons (Fsp3) is 0.0500. The Labute approximate surface area is 381 Å². The molecule has 12 aromatic rings. The molecule has 0 aliphatic heterocycles. The van der Waals surface area contributed by atoms with Crippen LogP contribution in [-0.4, -0.2) is 30.1 Å². The summed E-state index contributed by atoms with van der Waals surface area (Å²) in [5, 5.41) is 26.3. The van der Waals surface area contributed by atoms with Crippen LogP contribution in [0.25, 0.3) is 110 Å². The van der Waals surface area contributed by atoms with Crippen molar-refractivity contribution in [3.63, 3.8) is 0 Å². The molecule has 8 aromatic carbocycles. The molecule has 0 aliphatic rings. The summed E-state index contributed by atoms with van der Waals surface area (Å²) in [6.07, 6.45) is 5.88. The van der Waals surface area contributed by atoms with Crippen molar-refractivity contribution in [2.24, 2.45) is 0 Å². The first-order valence-corrected chi connectivity index (χ1v) is 22.4. The Kier molecular flexibility index (Phi) is 9.39. The number of aliphatic hydroxyl groups is 1. The van der Waals surface area contributed by atoms with Gasteiger partial charge in [-0.2, -0.15) is 10.2 Å². The minimum atomic E-state index is -0.102. The molecule has 0 saturated heterocycles. The number of aromatic nitrogens is 4. The van der Waals surface area contributed by atoms with E-state index in [-0.39, 0.29) is 18.0 Å². The number of aryl methyl sites for hydroxylation is 1. The quantitative estimate of drug-likeness (QED) is 0.0892. The maximum atomic E-state index is 12.9. The first-order valence-electron chi connectivity index (χ1n) is 22.4. The van der Waals surface area contributed by atoms with Crippen molar-refractivity contribution in [3.8, 4) is 55.6 Å². The van der Waals surface area contributed by atoms with Crippen molar-refractivity contribution >= 4 is 60.2 Å². The molecule has 0 spiro atoms. The lowest BCUT2D eigenvalue weighted by Gasteiger charge is -2.18. The van der Waals surface area contributed by atoms with E-state index >= 15 is 0 Å². The average molecular weight is 851 g/mol. The minimum absolute atomic E-state index is 0.0199. The van der Waals surface area contributed by atoms with Crippen LogP contribution >= 0.6 is 0 Å². The predicted molar refractivity (Wildman–Crippen MR) is 271 cm³/mol. The summed E-state index contributed by atoms with van der Waals surface area (Å²) in [5.41, 5.74) is 16.3. The van der Waals surface area contributed by atoms with Gasteiger partial charge < -0.3 is 5.11 Å². The van der Waals surface area contributed by atoms with Crippen LogP contribution in [0.2, 0.25) is 0 Å². The van der Waals surface area contributed by atoms with Gasteiger partial charge in [0.1, 0.15) is 0 Å². The largest absolute Gasteiger partial charge is 0.512 e. The van der Waals surface area contributed by atoms with Gasteiger partial charge in [0.25, 0.3) is 0 Å². The van der Waals surface area contributed by atoms with Gasteiger partial charge in [0.05, 0.1) is 40.2 Å². The highest BCUT2D eigenvalue weighted by molar-refractivity contribution is 6.14. The van der Waals surface area contributed by atoms with E-state index in [1.165, 1.54) is 34.5 Å². The van der Waals surface area contributed by atoms with Crippen LogP contribution in [0.3, 0.4) is 0 Å². The molecular weight excluding hydrogens is 809 g/mol. The number of fused-ring (bicyclic) bond motifs is 12. The Balaban J connectivity index is 1.06. The third-order valence-electron chi connectivity index (χ3n) is 13.1. The molecule has 0 atom stereocenters. The lowest BCUT2D eigenvalue weighted by molar-refractivity contribution is -0.114. The Morgan fingerprint density at radius 2 is 0.833 bits per heavy atom. The number of hydrogen-bond donors (Lipinski definition) is 1. The highest BCUT2D eigenvalue weighted by Crippen LogP contribution is 2.43. The van der Waals surface area contributed by atoms with Crippen LogP contribution in [0, 0.1) is 0 Å². The second-order valence-electron chi connectivity index (χ2n) is 17.1. The second-order valence-corrected chi connectivity index (χ2v) is 17.1. The molecule has 1 N–H and O–H groups in total. The standard InChI is InChI=1S/C60H42N4O2/c1-38(65)32-45(66)25-22-39-12-2-3-13-46(39)42-33-43(49-16-6-4-14-47(49)40-23-26-57-55(36-40)51-18-8-10-20-53(51)59-28-30-61-63(57)59)35-44(34-42)50-17-7-5-15-48(50)41-24-27-58-56(37-41)52-19-9-11-21-54(52)60-29-31-62-64(58)60/h2-21,23-24,26-37,65H,22,25H2,1H3. The van der Waals surface area contributed by atoms with E-state index in [9.17, 15) is 9.90 Å². The third kappa shape index (κ3) is 6.61. The number of pyridine rings is 2. The van der Waals surface area contributed by atoms with Gasteiger partial charge in [0, 0.05) is 34.0 Å². The van der Waals surface area contributed by atoms with Crippen LogP contribution in [0.4, 0.5) is 0 Å². The van der Waals surface area contributed by atoms with Crippen LogP contribution in [0.5, 0.6) is 0 Å². The molecule has 4 aromatic heterocycles. The van der Waals surface area contributed by atoms with E-state index < -0.39 is 0 Å². The normalized spacial score (nSPS) is 12.0. The Morgan fingerprint density at radius 3 is 1.32 bits per heavy atom. The van der Waals surface area contributed by atoms with Crippen LogP contribution in [0.1, 0.15) is 18.9 Å². The van der Waals surface area contributed by atoms with Gasteiger partial charge in [-0.3, -0.25) is 4.79 Å². The Morgan fingerprint density at radius 1 is 0.439 bits per heavy atom. The molecule has 4 heterocycles. The number of carbonyl (C=O) groups excluding carboxylic acids is 1. The summed E-state index contributed by atoms with van der Waals surface area (Å²) in [4.78, 5) is 12.9. The van der Waals surface area contributed by atoms with E-state index in [0.717, 1.165) is 94.0 Å². The van der Waals surface area contributed by atoms with Crippen LogP contribution in [0.15, 0.2) is 212 Å². The van der Waals surface area contributed by atoms with Gasteiger partial charge >= 0.3 is 0 Å². The number of allylic oxidation sites excluding steroid dienone is 2. The summed E-state index contributed by atoms with van der Waals surface area (Å²) in [6.45, 7) is 1.53. The fourth-order valence-corrected chi connectivity index (χ4v) is 10.1. The fourth-order valence-electron chi connectivity index (χ4n) is 10.1. The van der Waals surface area contributed by atoms with E-state index in [2.05, 4.69) is 182 Å². The lowest BCUT2D eigenvalue weighted by Crippen LogP contribution is -1.99. The Bertz CT molecular complexity index is 3730. The van der Waals surface area contributed by atoms with Crippen molar-refractivity contribution < 1.29 is 9.90 Å². The molecule has 12 rings (SSSR count). The molecular formula is C60H42N4O2. The average Bonchev–Trinajstić information content (AvgIpc) is 4.08. The van der Waals surface area contributed by atoms with Crippen molar-refractivity contribution in [3.05, 3.63) is 218 Å². The van der Waals surface area contributed by atoms with Crippen molar-refractivity contribution in [1.29, 1.82) is 0 Å². The number of nitrogens with zero attached hydrogens (tertiary/aromatic N) is 4. The highest BCUT2D eigenvalue weighted by atomic mass is 16.3. The van der Waals surface area contributed by atoms with Gasteiger partial charge in [-0.05, 0) is 140 Å². The zero-order valence-corrected chi connectivity index (χ0v) is 36.2. The molecule has 6 nitrogen and oxygen atoms in total. The molecule has 0 aliphatic carbocycles. The van der Waals surface area contributed by atoms with Crippen molar-refractivity contribution in [2.75, 3.05) is 0 Å². The monoisotopic (exact) mass is 850 g/mol. The molecule has 0 saturated carbocycles. The van der Waals surface area contributed by atoms with Crippen LogP contribution in [-0.2, 0) is 11.2 Å². The maximum absolute atomic E-state index is 12.9. The molecule has 6 heteroatoms. The van der Waals surface area contributed by atoms with Gasteiger partial charge in [0.15, 0.2) is 5.78 Å². The van der Waals surface area contributed by atoms with Gasteiger partial charge in [0.2, 0.25) is 0 Å². The zero-order chi connectivity index (χ0) is 44.3. The minimum Gasteiger partial charge on any atom is -0.512 e. The first kappa shape index (κ1) is 39.0. The smallest absolute Gasteiger partial charge is 0.159 e. The predicted octanol–water partition coefficient (Wildman–Crippen LogP) is 14.9. The number of ketones is 1. The maximum Gasteiger partial charge on any atom is 0.159 e. The van der Waals surface area contributed by atoms with Gasteiger partial charge in [-0.1, -0.05) is 133 Å². The van der Waals surface area contributed by atoms with E-state index in [4.69, 9.17) is 10.2 Å². The van der Waals surface area contributed by atoms with Gasteiger partial charge in [-0.15, -0.1) is 0 Å². The zero-order valence-electron chi connectivity index (χ0n) is 36.2. The summed E-state index contributed by atoms with van der Waals surface area (Å²) in [6, 6.07) is 67.4. The topological polar surface area (TPSA) is 71.9 Å². The molecule has 0 amide bonds. The summed E-state index contributed by atoms with van der Waals surface area (Å²) >= 11 is 0. The van der Waals surface area contributed by atoms with E-state index in [1.807, 2.05) is 27.5 Å². The SMILES string of the molecule is CC(O)=CC(=O)CCc1ccccc1-c1cc(-c2ccccc2-c2ccc3c(c2)c2ccccc2c2ccnn23)cc(-c2ccccc2-c2ccc3c(c2)c2ccccc2c2ccnn23)c1. The molecule has 66 heavy (non-hydrogen) atoms. The number of aliphatic hydroxyl groups excluding tert-OH is 1. The molecule has 0 unspecified atom stereocenters. The lowest BCUT2D eigenvalue weighted by atomic mass is 9.86.